The Kier molecular flexibility index (Phi) is 5.89. The van der Waals surface area contributed by atoms with Crippen LogP contribution in [-0.4, -0.2) is 22.5 Å². The van der Waals surface area contributed by atoms with Crippen molar-refractivity contribution in [1.82, 2.24) is 9.97 Å². The number of nitrogens with zero attached hydrogens (tertiary/aromatic N) is 2. The number of hydrogen-bond acceptors (Lipinski definition) is 5. The molecule has 0 radical (unpaired) electrons. The standard InChI is InChI=1S/C22H24N4O2/c1-5-28-20-9-7-6-8-17(20)25-22-23-16(4)13-19(26-22)21(27)24-18-12-14(2)10-11-15(18)3/h6-13H,5H2,1-4H3,(H,24,27)(H,23,25,26). The van der Waals surface area contributed by atoms with Crippen molar-refractivity contribution in [3.05, 3.63) is 71.0 Å². The van der Waals surface area contributed by atoms with E-state index in [1.807, 2.05) is 70.2 Å². The van der Waals surface area contributed by atoms with Crippen molar-refractivity contribution in [1.29, 1.82) is 0 Å². The lowest BCUT2D eigenvalue weighted by atomic mass is 10.1. The summed E-state index contributed by atoms with van der Waals surface area (Å²) in [6.07, 6.45) is 0. The Morgan fingerprint density at radius 2 is 1.79 bits per heavy atom. The third-order valence-corrected chi connectivity index (χ3v) is 4.16. The summed E-state index contributed by atoms with van der Waals surface area (Å²) in [5, 5.41) is 6.09. The molecule has 2 aromatic carbocycles. The van der Waals surface area contributed by atoms with Crippen LogP contribution in [0.15, 0.2) is 48.5 Å². The summed E-state index contributed by atoms with van der Waals surface area (Å²) in [6, 6.07) is 15.2. The van der Waals surface area contributed by atoms with Gasteiger partial charge < -0.3 is 15.4 Å². The van der Waals surface area contributed by atoms with Crippen molar-refractivity contribution in [3.63, 3.8) is 0 Å². The highest BCUT2D eigenvalue weighted by atomic mass is 16.5. The molecule has 0 aliphatic heterocycles. The Morgan fingerprint density at radius 1 is 1.00 bits per heavy atom. The van der Waals surface area contributed by atoms with Gasteiger partial charge in [-0.2, -0.15) is 0 Å². The molecule has 0 spiro atoms. The molecule has 144 valence electrons. The predicted molar refractivity (Wildman–Crippen MR) is 112 cm³/mol. The SMILES string of the molecule is CCOc1ccccc1Nc1nc(C)cc(C(=O)Nc2cc(C)ccc2C)n1. The number of benzene rings is 2. The van der Waals surface area contributed by atoms with Gasteiger partial charge in [-0.3, -0.25) is 4.79 Å². The normalized spacial score (nSPS) is 10.4. The van der Waals surface area contributed by atoms with Crippen LogP contribution in [0, 0.1) is 20.8 Å². The highest BCUT2D eigenvalue weighted by molar-refractivity contribution is 6.03. The van der Waals surface area contributed by atoms with Crippen LogP contribution in [0.2, 0.25) is 0 Å². The largest absolute Gasteiger partial charge is 0.492 e. The summed E-state index contributed by atoms with van der Waals surface area (Å²) in [6.45, 7) is 8.25. The average Bonchev–Trinajstić information content (AvgIpc) is 2.66. The summed E-state index contributed by atoms with van der Waals surface area (Å²) in [4.78, 5) is 21.5. The van der Waals surface area contributed by atoms with Gasteiger partial charge in [0.2, 0.25) is 5.95 Å². The van der Waals surface area contributed by atoms with E-state index >= 15 is 0 Å². The maximum Gasteiger partial charge on any atom is 0.274 e. The number of carbonyl (C=O) groups is 1. The van der Waals surface area contributed by atoms with Gasteiger partial charge in [-0.15, -0.1) is 0 Å². The number of rotatable bonds is 6. The van der Waals surface area contributed by atoms with Crippen LogP contribution in [0.1, 0.15) is 34.2 Å². The van der Waals surface area contributed by atoms with Crippen molar-refractivity contribution < 1.29 is 9.53 Å². The van der Waals surface area contributed by atoms with E-state index in [9.17, 15) is 4.79 Å². The molecule has 6 heteroatoms. The third kappa shape index (κ3) is 4.65. The quantitative estimate of drug-likeness (QED) is 0.646. The first kappa shape index (κ1) is 19.4. The monoisotopic (exact) mass is 376 g/mol. The third-order valence-electron chi connectivity index (χ3n) is 4.16. The minimum Gasteiger partial charge on any atom is -0.492 e. The van der Waals surface area contributed by atoms with Crippen molar-refractivity contribution in [2.45, 2.75) is 27.7 Å². The first-order valence-corrected chi connectivity index (χ1v) is 9.19. The van der Waals surface area contributed by atoms with Crippen LogP contribution >= 0.6 is 0 Å². The number of anilines is 3. The van der Waals surface area contributed by atoms with Crippen LogP contribution in [0.4, 0.5) is 17.3 Å². The van der Waals surface area contributed by atoms with Crippen molar-refractivity contribution in [2.24, 2.45) is 0 Å². The van der Waals surface area contributed by atoms with Gasteiger partial charge in [0.25, 0.3) is 5.91 Å². The molecule has 1 aromatic heterocycles. The second-order valence-corrected chi connectivity index (χ2v) is 6.54. The molecule has 3 aromatic rings. The smallest absolute Gasteiger partial charge is 0.274 e. The van der Waals surface area contributed by atoms with E-state index < -0.39 is 0 Å². The number of para-hydroxylation sites is 2. The highest BCUT2D eigenvalue weighted by Crippen LogP contribution is 2.26. The molecule has 3 rings (SSSR count). The molecule has 28 heavy (non-hydrogen) atoms. The fourth-order valence-corrected chi connectivity index (χ4v) is 2.77. The van der Waals surface area contributed by atoms with E-state index in [0.29, 0.717) is 29.7 Å². The Balaban J connectivity index is 1.85. The van der Waals surface area contributed by atoms with Crippen LogP contribution in [0.25, 0.3) is 0 Å². The number of aromatic nitrogens is 2. The van der Waals surface area contributed by atoms with Gasteiger partial charge in [-0.1, -0.05) is 24.3 Å². The van der Waals surface area contributed by atoms with Gasteiger partial charge in [-0.05, 0) is 63.1 Å². The molecule has 0 bridgehead atoms. The maximum absolute atomic E-state index is 12.8. The topological polar surface area (TPSA) is 76.1 Å². The van der Waals surface area contributed by atoms with E-state index in [1.54, 1.807) is 6.07 Å². The van der Waals surface area contributed by atoms with Crippen LogP contribution < -0.4 is 15.4 Å². The van der Waals surface area contributed by atoms with Crippen LogP contribution in [0.5, 0.6) is 5.75 Å². The molecule has 6 nitrogen and oxygen atoms in total. The minimum atomic E-state index is -0.277. The van der Waals surface area contributed by atoms with E-state index in [-0.39, 0.29) is 5.91 Å². The molecule has 1 amide bonds. The number of aryl methyl sites for hydroxylation is 3. The molecule has 0 unspecified atom stereocenters. The molecule has 0 atom stereocenters. The summed E-state index contributed by atoms with van der Waals surface area (Å²) < 4.78 is 5.62. The Morgan fingerprint density at radius 3 is 2.57 bits per heavy atom. The minimum absolute atomic E-state index is 0.277. The van der Waals surface area contributed by atoms with Crippen molar-refractivity contribution >= 4 is 23.2 Å². The zero-order chi connectivity index (χ0) is 20.1. The first-order valence-electron chi connectivity index (χ1n) is 9.19. The molecule has 0 saturated heterocycles. The van der Waals surface area contributed by atoms with E-state index in [2.05, 4.69) is 20.6 Å². The lowest BCUT2D eigenvalue weighted by Gasteiger charge is -2.13. The molecule has 0 saturated carbocycles. The van der Waals surface area contributed by atoms with Gasteiger partial charge in [0.15, 0.2) is 0 Å². The number of ether oxygens (including phenoxy) is 1. The zero-order valence-corrected chi connectivity index (χ0v) is 16.5. The molecule has 0 aliphatic carbocycles. The second kappa shape index (κ2) is 8.52. The molecule has 1 heterocycles. The lowest BCUT2D eigenvalue weighted by molar-refractivity contribution is 0.102. The maximum atomic E-state index is 12.8. The Labute approximate surface area is 165 Å². The van der Waals surface area contributed by atoms with E-state index in [0.717, 1.165) is 22.5 Å². The molecular weight excluding hydrogens is 352 g/mol. The number of carbonyl (C=O) groups excluding carboxylic acids is 1. The number of nitrogens with one attached hydrogen (secondary N) is 2. The molecule has 0 fully saturated rings. The summed E-state index contributed by atoms with van der Waals surface area (Å²) in [5.74, 6) is 0.773. The summed E-state index contributed by atoms with van der Waals surface area (Å²) in [7, 11) is 0. The van der Waals surface area contributed by atoms with Crippen LogP contribution in [0.3, 0.4) is 0 Å². The van der Waals surface area contributed by atoms with Gasteiger partial charge in [0.05, 0.1) is 12.3 Å². The summed E-state index contributed by atoms with van der Waals surface area (Å²) in [5.41, 5.74) is 4.58. The number of amides is 1. The summed E-state index contributed by atoms with van der Waals surface area (Å²) >= 11 is 0. The fourth-order valence-electron chi connectivity index (χ4n) is 2.77. The fraction of sp³-hybridized carbons (Fsp3) is 0.227. The Bertz CT molecular complexity index is 1000. The second-order valence-electron chi connectivity index (χ2n) is 6.54. The highest BCUT2D eigenvalue weighted by Gasteiger charge is 2.13. The predicted octanol–water partition coefficient (Wildman–Crippen LogP) is 4.80. The zero-order valence-electron chi connectivity index (χ0n) is 16.5. The first-order chi connectivity index (χ1) is 13.5. The Hall–Kier alpha value is -3.41. The molecule has 0 aliphatic rings. The van der Waals surface area contributed by atoms with Gasteiger partial charge >= 0.3 is 0 Å². The molecular formula is C22H24N4O2. The average molecular weight is 376 g/mol. The van der Waals surface area contributed by atoms with Crippen molar-refractivity contribution in [2.75, 3.05) is 17.2 Å². The van der Waals surface area contributed by atoms with Gasteiger partial charge in [0.1, 0.15) is 11.4 Å². The lowest BCUT2D eigenvalue weighted by Crippen LogP contribution is -2.16. The number of hydrogen-bond donors (Lipinski definition) is 2. The van der Waals surface area contributed by atoms with Crippen LogP contribution in [-0.2, 0) is 0 Å². The van der Waals surface area contributed by atoms with Crippen molar-refractivity contribution in [3.8, 4) is 5.75 Å². The van der Waals surface area contributed by atoms with E-state index in [4.69, 9.17) is 4.74 Å². The van der Waals surface area contributed by atoms with E-state index in [1.165, 1.54) is 0 Å². The van der Waals surface area contributed by atoms with Gasteiger partial charge in [-0.25, -0.2) is 9.97 Å². The van der Waals surface area contributed by atoms with Gasteiger partial charge in [0, 0.05) is 11.4 Å². The molecule has 2 N–H and O–H groups in total.